The second-order valence-electron chi connectivity index (χ2n) is 6.90. The van der Waals surface area contributed by atoms with Crippen LogP contribution >= 0.6 is 0 Å². The molecule has 5 nitrogen and oxygen atoms in total. The summed E-state index contributed by atoms with van der Waals surface area (Å²) in [7, 11) is 4.22. The lowest BCUT2D eigenvalue weighted by atomic mass is 10.2. The molecule has 0 spiro atoms. The first-order valence-corrected chi connectivity index (χ1v) is 8.70. The average molecular weight is 328 g/mol. The minimum Gasteiger partial charge on any atom is -0.376 e. The van der Waals surface area contributed by atoms with E-state index in [0.29, 0.717) is 6.10 Å². The lowest BCUT2D eigenvalue weighted by molar-refractivity contribution is -0.0370. The third kappa shape index (κ3) is 4.44. The van der Waals surface area contributed by atoms with E-state index < -0.39 is 0 Å². The fourth-order valence-electron chi connectivity index (χ4n) is 3.15. The Morgan fingerprint density at radius 1 is 1.29 bits per heavy atom. The lowest BCUT2D eigenvalue weighted by Crippen LogP contribution is -2.42. The van der Waals surface area contributed by atoms with Gasteiger partial charge in [0.1, 0.15) is 0 Å². The topological polar surface area (TPSA) is 33.5 Å². The number of aryl methyl sites for hydroxylation is 1. The monoisotopic (exact) mass is 328 g/mol. The number of hydrogen-bond acceptors (Lipinski definition) is 4. The van der Waals surface area contributed by atoms with E-state index in [1.54, 1.807) is 0 Å². The highest BCUT2D eigenvalue weighted by molar-refractivity contribution is 5.39. The van der Waals surface area contributed by atoms with Gasteiger partial charge >= 0.3 is 0 Å². The van der Waals surface area contributed by atoms with Gasteiger partial charge in [0.05, 0.1) is 24.6 Å². The van der Waals surface area contributed by atoms with Gasteiger partial charge in [-0.1, -0.05) is 18.2 Å². The van der Waals surface area contributed by atoms with Crippen LogP contribution in [0.5, 0.6) is 0 Å². The Morgan fingerprint density at radius 2 is 2.12 bits per heavy atom. The van der Waals surface area contributed by atoms with E-state index in [1.165, 1.54) is 11.1 Å². The van der Waals surface area contributed by atoms with E-state index in [9.17, 15) is 0 Å². The summed E-state index contributed by atoms with van der Waals surface area (Å²) >= 11 is 0. The molecule has 1 atom stereocenters. The lowest BCUT2D eigenvalue weighted by Gasteiger charge is -2.33. The molecule has 1 fully saturated rings. The SMILES string of the molecule is Cc1ccccc1-n1cc(CN2CCOC(CCN(C)C)C2)cn1. The van der Waals surface area contributed by atoms with Gasteiger partial charge in [-0.3, -0.25) is 4.90 Å². The van der Waals surface area contributed by atoms with E-state index in [4.69, 9.17) is 4.74 Å². The summed E-state index contributed by atoms with van der Waals surface area (Å²) in [5, 5.41) is 4.54. The Kier molecular flexibility index (Phi) is 5.66. The average Bonchev–Trinajstić information content (AvgIpc) is 3.02. The molecule has 24 heavy (non-hydrogen) atoms. The second-order valence-corrected chi connectivity index (χ2v) is 6.90. The normalized spacial score (nSPS) is 19.1. The fraction of sp³-hybridized carbons (Fsp3) is 0.526. The molecular weight excluding hydrogens is 300 g/mol. The molecule has 1 aliphatic heterocycles. The summed E-state index contributed by atoms with van der Waals surface area (Å²) in [5.41, 5.74) is 3.64. The Morgan fingerprint density at radius 3 is 2.92 bits per heavy atom. The largest absolute Gasteiger partial charge is 0.376 e. The van der Waals surface area contributed by atoms with Crippen LogP contribution in [0.2, 0.25) is 0 Å². The molecule has 2 heterocycles. The predicted octanol–water partition coefficient (Wildman–Crippen LogP) is 2.33. The summed E-state index contributed by atoms with van der Waals surface area (Å²) in [6, 6.07) is 8.35. The van der Waals surface area contributed by atoms with Crippen molar-refractivity contribution in [2.45, 2.75) is 26.0 Å². The summed E-state index contributed by atoms with van der Waals surface area (Å²) < 4.78 is 7.88. The molecule has 0 bridgehead atoms. The standard InChI is InChI=1S/C19H28N4O/c1-16-6-4-5-7-19(16)23-14-17(12-20-23)13-22-10-11-24-18(15-22)8-9-21(2)3/h4-7,12,14,18H,8-11,13,15H2,1-3H3. The molecule has 1 aromatic heterocycles. The van der Waals surface area contributed by atoms with E-state index in [2.05, 4.69) is 66.4 Å². The van der Waals surface area contributed by atoms with Crippen LogP contribution in [0.1, 0.15) is 17.5 Å². The summed E-state index contributed by atoms with van der Waals surface area (Å²) in [6.45, 7) is 6.95. The summed E-state index contributed by atoms with van der Waals surface area (Å²) in [5.74, 6) is 0. The molecule has 0 radical (unpaired) electrons. The van der Waals surface area contributed by atoms with E-state index in [-0.39, 0.29) is 0 Å². The highest BCUT2D eigenvalue weighted by Gasteiger charge is 2.21. The van der Waals surface area contributed by atoms with E-state index in [1.807, 2.05) is 10.9 Å². The molecule has 5 heteroatoms. The molecular formula is C19H28N4O. The molecule has 1 aromatic carbocycles. The molecule has 0 N–H and O–H groups in total. The van der Waals surface area contributed by atoms with Crippen molar-refractivity contribution in [1.82, 2.24) is 19.6 Å². The van der Waals surface area contributed by atoms with E-state index in [0.717, 1.165) is 44.9 Å². The van der Waals surface area contributed by atoms with E-state index >= 15 is 0 Å². The second kappa shape index (κ2) is 7.92. The zero-order chi connectivity index (χ0) is 16.9. The molecule has 3 rings (SSSR count). The number of aromatic nitrogens is 2. The molecule has 1 aliphatic rings. The highest BCUT2D eigenvalue weighted by atomic mass is 16.5. The van der Waals surface area contributed by atoms with Gasteiger partial charge in [-0.05, 0) is 39.1 Å². The molecule has 0 aliphatic carbocycles. The van der Waals surface area contributed by atoms with Crippen LogP contribution in [0.15, 0.2) is 36.7 Å². The smallest absolute Gasteiger partial charge is 0.0714 e. The van der Waals surface area contributed by atoms with Gasteiger partial charge < -0.3 is 9.64 Å². The van der Waals surface area contributed by atoms with Gasteiger partial charge in [0.25, 0.3) is 0 Å². The first-order chi connectivity index (χ1) is 11.6. The Balaban J connectivity index is 1.59. The van der Waals surface area contributed by atoms with Crippen molar-refractivity contribution >= 4 is 0 Å². The van der Waals surface area contributed by atoms with Crippen LogP contribution in [0, 0.1) is 6.92 Å². The third-order valence-electron chi connectivity index (χ3n) is 4.53. The molecule has 0 saturated carbocycles. The van der Waals surface area contributed by atoms with Gasteiger partial charge in [0, 0.05) is 37.9 Å². The zero-order valence-corrected chi connectivity index (χ0v) is 15.0. The maximum Gasteiger partial charge on any atom is 0.0714 e. The van der Waals surface area contributed by atoms with Crippen LogP contribution < -0.4 is 0 Å². The first-order valence-electron chi connectivity index (χ1n) is 8.70. The summed E-state index contributed by atoms with van der Waals surface area (Å²) in [4.78, 5) is 4.69. The molecule has 2 aromatic rings. The van der Waals surface area contributed by atoms with Crippen LogP contribution in [-0.4, -0.2) is 66.0 Å². The van der Waals surface area contributed by atoms with Crippen LogP contribution in [0.25, 0.3) is 5.69 Å². The number of nitrogens with zero attached hydrogens (tertiary/aromatic N) is 4. The quantitative estimate of drug-likeness (QED) is 0.815. The molecule has 0 amide bonds. The number of rotatable bonds is 6. The number of hydrogen-bond donors (Lipinski definition) is 0. The number of morpholine rings is 1. The van der Waals surface area contributed by atoms with Crippen molar-refractivity contribution < 1.29 is 4.74 Å². The maximum absolute atomic E-state index is 5.90. The van der Waals surface area contributed by atoms with Crippen molar-refractivity contribution in [3.05, 3.63) is 47.8 Å². The van der Waals surface area contributed by atoms with Gasteiger partial charge in [0.2, 0.25) is 0 Å². The van der Waals surface area contributed by atoms with Gasteiger partial charge in [-0.2, -0.15) is 5.10 Å². The van der Waals surface area contributed by atoms with Gasteiger partial charge in [0.15, 0.2) is 0 Å². The maximum atomic E-state index is 5.90. The van der Waals surface area contributed by atoms with Crippen molar-refractivity contribution in [1.29, 1.82) is 0 Å². The Labute approximate surface area is 144 Å². The van der Waals surface area contributed by atoms with Crippen molar-refractivity contribution in [2.24, 2.45) is 0 Å². The van der Waals surface area contributed by atoms with Crippen LogP contribution in [0.4, 0.5) is 0 Å². The Bertz CT molecular complexity index is 652. The van der Waals surface area contributed by atoms with Gasteiger partial charge in [-0.25, -0.2) is 4.68 Å². The first kappa shape index (κ1) is 17.1. The zero-order valence-electron chi connectivity index (χ0n) is 15.0. The van der Waals surface area contributed by atoms with Crippen molar-refractivity contribution in [2.75, 3.05) is 40.3 Å². The summed E-state index contributed by atoms with van der Waals surface area (Å²) in [6.07, 6.45) is 5.56. The minimum atomic E-state index is 0.340. The minimum absolute atomic E-state index is 0.340. The van der Waals surface area contributed by atoms with Crippen molar-refractivity contribution in [3.63, 3.8) is 0 Å². The molecule has 1 unspecified atom stereocenters. The number of benzene rings is 1. The highest BCUT2D eigenvalue weighted by Crippen LogP contribution is 2.16. The Hall–Kier alpha value is -1.69. The fourth-order valence-corrected chi connectivity index (χ4v) is 3.15. The van der Waals surface area contributed by atoms with Crippen LogP contribution in [0.3, 0.4) is 0 Å². The molecule has 1 saturated heterocycles. The molecule has 130 valence electrons. The third-order valence-corrected chi connectivity index (χ3v) is 4.53. The van der Waals surface area contributed by atoms with Crippen LogP contribution in [-0.2, 0) is 11.3 Å². The van der Waals surface area contributed by atoms with Crippen molar-refractivity contribution in [3.8, 4) is 5.69 Å². The predicted molar refractivity (Wildman–Crippen MR) is 96.5 cm³/mol. The number of ether oxygens (including phenoxy) is 1. The number of para-hydroxylation sites is 1. The van der Waals surface area contributed by atoms with Gasteiger partial charge in [-0.15, -0.1) is 0 Å².